The molecule has 1 amide bonds. The van der Waals surface area contributed by atoms with Crippen molar-refractivity contribution in [2.75, 3.05) is 19.6 Å². The van der Waals surface area contributed by atoms with Gasteiger partial charge >= 0.3 is 6.09 Å². The number of rotatable bonds is 5. The molecular formula is C19H27N3O4S. The van der Waals surface area contributed by atoms with E-state index >= 15 is 0 Å². The lowest BCUT2D eigenvalue weighted by Gasteiger charge is -2.34. The van der Waals surface area contributed by atoms with Gasteiger partial charge in [-0.25, -0.2) is 17.9 Å². The first-order valence-electron chi connectivity index (χ1n) is 9.03. The number of carbonyl (C=O) groups excluding carboxylic acids is 1. The summed E-state index contributed by atoms with van der Waals surface area (Å²) in [5.74, 6) is -0.202. The second-order valence-corrected chi connectivity index (χ2v) is 9.62. The van der Waals surface area contributed by atoms with Gasteiger partial charge in [-0.15, -0.1) is 0 Å². The minimum Gasteiger partial charge on any atom is -0.444 e. The van der Waals surface area contributed by atoms with E-state index < -0.39 is 15.6 Å². The van der Waals surface area contributed by atoms with Crippen molar-refractivity contribution in [3.63, 3.8) is 0 Å². The highest BCUT2D eigenvalue weighted by Gasteiger charge is 2.28. The van der Waals surface area contributed by atoms with Gasteiger partial charge in [-0.1, -0.05) is 18.2 Å². The van der Waals surface area contributed by atoms with Crippen molar-refractivity contribution in [1.82, 2.24) is 9.62 Å². The molecule has 1 aliphatic rings. The van der Waals surface area contributed by atoms with E-state index in [4.69, 9.17) is 10.00 Å². The third kappa shape index (κ3) is 6.85. The largest absolute Gasteiger partial charge is 0.444 e. The van der Waals surface area contributed by atoms with Crippen molar-refractivity contribution >= 4 is 16.1 Å². The van der Waals surface area contributed by atoms with Crippen LogP contribution < -0.4 is 4.72 Å². The number of nitrogens with one attached hydrogen (secondary N) is 1. The lowest BCUT2D eigenvalue weighted by Crippen LogP contribution is -2.45. The Morgan fingerprint density at radius 3 is 2.74 bits per heavy atom. The first-order chi connectivity index (χ1) is 12.6. The second kappa shape index (κ2) is 8.72. The lowest BCUT2D eigenvalue weighted by molar-refractivity contribution is 0.0169. The van der Waals surface area contributed by atoms with Gasteiger partial charge in [-0.3, -0.25) is 0 Å². The third-order valence-electron chi connectivity index (χ3n) is 4.25. The topological polar surface area (TPSA) is 99.5 Å². The van der Waals surface area contributed by atoms with Gasteiger partial charge in [0.15, 0.2) is 0 Å². The van der Waals surface area contributed by atoms with Crippen molar-refractivity contribution in [2.45, 2.75) is 45.0 Å². The summed E-state index contributed by atoms with van der Waals surface area (Å²) in [7, 11) is -3.57. The summed E-state index contributed by atoms with van der Waals surface area (Å²) >= 11 is 0. The zero-order valence-corrected chi connectivity index (χ0v) is 16.9. The van der Waals surface area contributed by atoms with Crippen LogP contribution in [-0.4, -0.2) is 44.6 Å². The van der Waals surface area contributed by atoms with Gasteiger partial charge in [0.05, 0.1) is 17.4 Å². The number of ether oxygens (including phenoxy) is 1. The summed E-state index contributed by atoms with van der Waals surface area (Å²) < 4.78 is 32.8. The van der Waals surface area contributed by atoms with Crippen molar-refractivity contribution in [1.29, 1.82) is 5.26 Å². The van der Waals surface area contributed by atoms with Gasteiger partial charge in [0.1, 0.15) is 5.60 Å². The highest BCUT2D eigenvalue weighted by Crippen LogP contribution is 2.19. The maximum Gasteiger partial charge on any atom is 0.410 e. The van der Waals surface area contributed by atoms with Crippen molar-refractivity contribution in [2.24, 2.45) is 5.92 Å². The Morgan fingerprint density at radius 1 is 1.37 bits per heavy atom. The predicted octanol–water partition coefficient (Wildman–Crippen LogP) is 2.62. The summed E-state index contributed by atoms with van der Waals surface area (Å²) in [5, 5.41) is 9.10. The SMILES string of the molecule is CC(C)(C)OC(=O)N1CCC[C@@H](CNS(=O)(=O)Cc2ccccc2C#N)C1. The third-order valence-corrected chi connectivity index (χ3v) is 5.54. The molecule has 1 heterocycles. The Labute approximate surface area is 161 Å². The highest BCUT2D eigenvalue weighted by atomic mass is 32.2. The molecule has 2 rings (SSSR count). The molecule has 8 heteroatoms. The van der Waals surface area contributed by atoms with Crippen LogP contribution in [0.2, 0.25) is 0 Å². The molecule has 1 saturated heterocycles. The number of sulfonamides is 1. The average molecular weight is 394 g/mol. The number of amides is 1. The standard InChI is InChI=1S/C19H27N3O4S/c1-19(2,3)26-18(23)22-10-6-7-15(13-22)12-21-27(24,25)14-17-9-5-4-8-16(17)11-20/h4-5,8-9,15,21H,6-7,10,12-14H2,1-3H3/t15-/m0/s1. The summed E-state index contributed by atoms with van der Waals surface area (Å²) in [6, 6.07) is 8.67. The Morgan fingerprint density at radius 2 is 2.07 bits per heavy atom. The fourth-order valence-corrected chi connectivity index (χ4v) is 4.23. The first-order valence-corrected chi connectivity index (χ1v) is 10.7. The molecule has 148 valence electrons. The van der Waals surface area contributed by atoms with Crippen LogP contribution in [0.15, 0.2) is 24.3 Å². The molecular weight excluding hydrogens is 366 g/mol. The summed E-state index contributed by atoms with van der Waals surface area (Å²) in [6.45, 7) is 6.80. The van der Waals surface area contributed by atoms with E-state index in [1.165, 1.54) is 0 Å². The number of likely N-dealkylation sites (tertiary alicyclic amines) is 1. The average Bonchev–Trinajstić information content (AvgIpc) is 2.59. The number of piperidine rings is 1. The zero-order chi connectivity index (χ0) is 20.1. The summed E-state index contributed by atoms with van der Waals surface area (Å²) in [5.41, 5.74) is 0.280. The Bertz CT molecular complexity index is 809. The first kappa shape index (κ1) is 21.2. The number of nitriles is 1. The molecule has 0 aliphatic carbocycles. The molecule has 1 aliphatic heterocycles. The minimum absolute atomic E-state index is 0.0345. The lowest BCUT2D eigenvalue weighted by atomic mass is 9.99. The Kier molecular flexibility index (Phi) is 6.84. The van der Waals surface area contributed by atoms with Crippen LogP contribution in [0.3, 0.4) is 0 Å². The van der Waals surface area contributed by atoms with E-state index in [9.17, 15) is 13.2 Å². The van der Waals surface area contributed by atoms with Crippen LogP contribution in [0, 0.1) is 17.2 Å². The number of hydrogen-bond acceptors (Lipinski definition) is 5. The Balaban J connectivity index is 1.91. The summed E-state index contributed by atoms with van der Waals surface area (Å²) in [6.07, 6.45) is 1.29. The van der Waals surface area contributed by atoms with Gasteiger partial charge in [0.25, 0.3) is 0 Å². The molecule has 0 bridgehead atoms. The minimum atomic E-state index is -3.57. The molecule has 0 saturated carbocycles. The maximum atomic E-state index is 12.4. The molecule has 27 heavy (non-hydrogen) atoms. The van der Waals surface area contributed by atoms with Crippen molar-refractivity contribution in [3.8, 4) is 6.07 Å². The van der Waals surface area contributed by atoms with Crippen LogP contribution >= 0.6 is 0 Å². The maximum absolute atomic E-state index is 12.4. The number of hydrogen-bond donors (Lipinski definition) is 1. The number of nitrogens with zero attached hydrogens (tertiary/aromatic N) is 2. The number of benzene rings is 1. The van der Waals surface area contributed by atoms with Gasteiger partial charge in [0, 0.05) is 19.6 Å². The molecule has 1 atom stereocenters. The zero-order valence-electron chi connectivity index (χ0n) is 16.1. The van der Waals surface area contributed by atoms with E-state index in [1.807, 2.05) is 26.8 Å². The molecule has 7 nitrogen and oxygen atoms in total. The predicted molar refractivity (Wildman–Crippen MR) is 102 cm³/mol. The molecule has 1 aromatic carbocycles. The normalized spacial score (nSPS) is 18.0. The van der Waals surface area contributed by atoms with E-state index in [1.54, 1.807) is 29.2 Å². The van der Waals surface area contributed by atoms with Crippen molar-refractivity contribution in [3.05, 3.63) is 35.4 Å². The quantitative estimate of drug-likeness (QED) is 0.829. The second-order valence-electron chi connectivity index (χ2n) is 7.81. The van der Waals surface area contributed by atoms with Crippen LogP contribution in [0.25, 0.3) is 0 Å². The van der Waals surface area contributed by atoms with Crippen LogP contribution in [0.1, 0.15) is 44.7 Å². The molecule has 0 aromatic heterocycles. The van der Waals surface area contributed by atoms with Gasteiger partial charge < -0.3 is 9.64 Å². The molecule has 1 N–H and O–H groups in total. The smallest absolute Gasteiger partial charge is 0.410 e. The van der Waals surface area contributed by atoms with Crippen LogP contribution in [0.4, 0.5) is 4.79 Å². The van der Waals surface area contributed by atoms with Crippen LogP contribution in [0.5, 0.6) is 0 Å². The molecule has 1 aromatic rings. The monoisotopic (exact) mass is 393 g/mol. The fourth-order valence-electron chi connectivity index (χ4n) is 2.98. The molecule has 1 fully saturated rings. The molecule has 0 spiro atoms. The molecule has 0 unspecified atom stereocenters. The van der Waals surface area contributed by atoms with Crippen LogP contribution in [-0.2, 0) is 20.5 Å². The van der Waals surface area contributed by atoms with Gasteiger partial charge in [0.2, 0.25) is 10.0 Å². The van der Waals surface area contributed by atoms with E-state index in [0.717, 1.165) is 12.8 Å². The fraction of sp³-hybridized carbons (Fsp3) is 0.579. The Hall–Kier alpha value is -2.11. The van der Waals surface area contributed by atoms with Crippen molar-refractivity contribution < 1.29 is 17.9 Å². The molecule has 0 radical (unpaired) electrons. The highest BCUT2D eigenvalue weighted by molar-refractivity contribution is 7.88. The number of carbonyl (C=O) groups is 1. The van der Waals surface area contributed by atoms with Gasteiger partial charge in [-0.2, -0.15) is 5.26 Å². The van der Waals surface area contributed by atoms with E-state index in [2.05, 4.69) is 4.72 Å². The summed E-state index contributed by atoms with van der Waals surface area (Å²) in [4.78, 5) is 13.8. The van der Waals surface area contributed by atoms with E-state index in [0.29, 0.717) is 24.2 Å². The van der Waals surface area contributed by atoms with E-state index in [-0.39, 0.29) is 24.3 Å². The van der Waals surface area contributed by atoms with Gasteiger partial charge in [-0.05, 0) is 51.2 Å².